The lowest BCUT2D eigenvalue weighted by atomic mass is 10.1. The van der Waals surface area contributed by atoms with E-state index in [2.05, 4.69) is 11.8 Å². The maximum atomic E-state index is 11.8. The molecule has 0 bridgehead atoms. The number of ether oxygens (including phenoxy) is 1. The van der Waals surface area contributed by atoms with E-state index in [1.807, 2.05) is 0 Å². The predicted octanol–water partition coefficient (Wildman–Crippen LogP) is 5.53. The highest BCUT2D eigenvalue weighted by atomic mass is 16.5. The van der Waals surface area contributed by atoms with E-state index in [9.17, 15) is 4.79 Å². The van der Waals surface area contributed by atoms with Crippen LogP contribution >= 0.6 is 0 Å². The van der Waals surface area contributed by atoms with Gasteiger partial charge in [0.1, 0.15) is 0 Å². The lowest BCUT2D eigenvalue weighted by Crippen LogP contribution is -2.06. The Morgan fingerprint density at radius 2 is 1.57 bits per heavy atom. The third kappa shape index (κ3) is 7.51. The summed E-state index contributed by atoms with van der Waals surface area (Å²) in [6, 6.07) is 6.56. The fraction of sp³-hybridized carbons (Fsp3) is 0.556. The molecule has 0 spiro atoms. The van der Waals surface area contributed by atoms with Crippen molar-refractivity contribution in [1.29, 1.82) is 0 Å². The van der Waals surface area contributed by atoms with E-state index in [0.717, 1.165) is 12.8 Å². The third-order valence-electron chi connectivity index (χ3n) is 3.46. The number of esters is 1. The molecule has 0 saturated carbocycles. The average Bonchev–Trinajstić information content (AvgIpc) is 2.53. The zero-order valence-electron chi connectivity index (χ0n) is 12.9. The second-order valence-electron chi connectivity index (χ2n) is 5.27. The summed E-state index contributed by atoms with van der Waals surface area (Å²) in [6.07, 6.45) is 9.84. The molecule has 3 nitrogen and oxygen atoms in total. The van der Waals surface area contributed by atoms with E-state index < -0.39 is 0 Å². The minimum atomic E-state index is -0.297. The van der Waals surface area contributed by atoms with Crippen LogP contribution < -0.4 is 0 Å². The van der Waals surface area contributed by atoms with Crippen molar-refractivity contribution in [2.24, 2.45) is 0 Å². The van der Waals surface area contributed by atoms with Crippen LogP contribution in [0.25, 0.3) is 4.85 Å². The minimum Gasteiger partial charge on any atom is -0.462 e. The fourth-order valence-corrected chi connectivity index (χ4v) is 2.16. The molecule has 3 heteroatoms. The molecule has 0 atom stereocenters. The molecule has 0 aliphatic carbocycles. The van der Waals surface area contributed by atoms with Crippen LogP contribution in [0.15, 0.2) is 24.3 Å². The largest absolute Gasteiger partial charge is 0.462 e. The highest BCUT2D eigenvalue weighted by Crippen LogP contribution is 2.13. The zero-order chi connectivity index (χ0) is 15.3. The van der Waals surface area contributed by atoms with Crippen molar-refractivity contribution in [2.45, 2.75) is 58.3 Å². The predicted molar refractivity (Wildman–Crippen MR) is 85.6 cm³/mol. The van der Waals surface area contributed by atoms with Crippen LogP contribution in [0.4, 0.5) is 5.69 Å². The maximum absolute atomic E-state index is 11.8. The normalized spacial score (nSPS) is 10.1. The Bertz CT molecular complexity index is 445. The molecule has 1 aromatic carbocycles. The summed E-state index contributed by atoms with van der Waals surface area (Å²) >= 11 is 0. The first-order chi connectivity index (χ1) is 10.3. The Morgan fingerprint density at radius 1 is 1.00 bits per heavy atom. The summed E-state index contributed by atoms with van der Waals surface area (Å²) in [5.41, 5.74) is 1.05. The molecule has 0 amide bonds. The van der Waals surface area contributed by atoms with Crippen LogP contribution in [0.3, 0.4) is 0 Å². The van der Waals surface area contributed by atoms with Crippen molar-refractivity contribution in [3.8, 4) is 0 Å². The number of rotatable bonds is 10. The van der Waals surface area contributed by atoms with Crippen molar-refractivity contribution in [3.63, 3.8) is 0 Å². The van der Waals surface area contributed by atoms with Crippen molar-refractivity contribution < 1.29 is 9.53 Å². The van der Waals surface area contributed by atoms with Crippen molar-refractivity contribution in [2.75, 3.05) is 6.61 Å². The Hall–Kier alpha value is -1.82. The van der Waals surface area contributed by atoms with Gasteiger partial charge in [-0.2, -0.15) is 0 Å². The summed E-state index contributed by atoms with van der Waals surface area (Å²) in [5.74, 6) is -0.297. The van der Waals surface area contributed by atoms with E-state index in [-0.39, 0.29) is 5.97 Å². The second kappa shape index (κ2) is 10.9. The van der Waals surface area contributed by atoms with Gasteiger partial charge in [-0.1, -0.05) is 76.1 Å². The van der Waals surface area contributed by atoms with Gasteiger partial charge in [0.05, 0.1) is 18.7 Å². The zero-order valence-corrected chi connectivity index (χ0v) is 12.9. The van der Waals surface area contributed by atoms with Gasteiger partial charge in [-0.15, -0.1) is 0 Å². The average molecular weight is 287 g/mol. The molecule has 0 fully saturated rings. The summed E-state index contributed by atoms with van der Waals surface area (Å²) < 4.78 is 5.23. The van der Waals surface area contributed by atoms with Crippen molar-refractivity contribution >= 4 is 11.7 Å². The van der Waals surface area contributed by atoms with Gasteiger partial charge in [0.25, 0.3) is 0 Å². The van der Waals surface area contributed by atoms with E-state index in [1.165, 1.54) is 38.5 Å². The van der Waals surface area contributed by atoms with Crippen LogP contribution in [0.1, 0.15) is 68.6 Å². The molecule has 1 rings (SSSR count). The quantitative estimate of drug-likeness (QED) is 0.321. The number of hydrogen-bond acceptors (Lipinski definition) is 2. The van der Waals surface area contributed by atoms with E-state index in [4.69, 9.17) is 11.3 Å². The molecule has 0 heterocycles. The molecule has 114 valence electrons. The van der Waals surface area contributed by atoms with Gasteiger partial charge in [0.15, 0.2) is 5.69 Å². The number of hydrogen-bond donors (Lipinski definition) is 0. The van der Waals surface area contributed by atoms with Crippen LogP contribution in [-0.4, -0.2) is 12.6 Å². The van der Waals surface area contributed by atoms with Crippen molar-refractivity contribution in [1.82, 2.24) is 0 Å². The first-order valence-electron chi connectivity index (χ1n) is 7.92. The van der Waals surface area contributed by atoms with Crippen LogP contribution in [0, 0.1) is 6.57 Å². The Kier molecular flexibility index (Phi) is 8.95. The Labute approximate surface area is 128 Å². The molecule has 0 aliphatic heterocycles. The van der Waals surface area contributed by atoms with Crippen LogP contribution in [0.2, 0.25) is 0 Å². The highest BCUT2D eigenvalue weighted by Gasteiger charge is 2.06. The number of carbonyl (C=O) groups is 1. The molecule has 0 aliphatic rings. The monoisotopic (exact) mass is 287 g/mol. The summed E-state index contributed by atoms with van der Waals surface area (Å²) in [7, 11) is 0. The molecule has 0 unspecified atom stereocenters. The summed E-state index contributed by atoms with van der Waals surface area (Å²) in [6.45, 7) is 9.57. The van der Waals surface area contributed by atoms with E-state index in [0.29, 0.717) is 17.9 Å². The Morgan fingerprint density at radius 3 is 2.14 bits per heavy atom. The fourth-order valence-electron chi connectivity index (χ4n) is 2.16. The number of carbonyl (C=O) groups excluding carboxylic acids is 1. The lowest BCUT2D eigenvalue weighted by molar-refractivity contribution is 0.0497. The molecule has 21 heavy (non-hydrogen) atoms. The van der Waals surface area contributed by atoms with E-state index >= 15 is 0 Å². The Balaban J connectivity index is 2.07. The van der Waals surface area contributed by atoms with Gasteiger partial charge in [0, 0.05) is 0 Å². The van der Waals surface area contributed by atoms with Gasteiger partial charge in [-0.3, -0.25) is 0 Å². The SMILES string of the molecule is [C-]#[N+]c1ccc(C(=O)OCCCCCCCCCC)cc1. The number of nitrogens with zero attached hydrogens (tertiary/aromatic N) is 1. The molecule has 0 aromatic heterocycles. The molecule has 1 aromatic rings. The molecule has 0 radical (unpaired) electrons. The van der Waals surface area contributed by atoms with Gasteiger partial charge >= 0.3 is 5.97 Å². The van der Waals surface area contributed by atoms with Gasteiger partial charge in [0.2, 0.25) is 0 Å². The topological polar surface area (TPSA) is 30.7 Å². The van der Waals surface area contributed by atoms with E-state index in [1.54, 1.807) is 24.3 Å². The third-order valence-corrected chi connectivity index (χ3v) is 3.46. The van der Waals surface area contributed by atoms with Gasteiger partial charge < -0.3 is 4.74 Å². The molecular formula is C18H25NO2. The smallest absolute Gasteiger partial charge is 0.338 e. The van der Waals surface area contributed by atoms with Gasteiger partial charge in [-0.25, -0.2) is 9.64 Å². The molecular weight excluding hydrogens is 262 g/mol. The van der Waals surface area contributed by atoms with Crippen molar-refractivity contribution in [3.05, 3.63) is 41.2 Å². The highest BCUT2D eigenvalue weighted by molar-refractivity contribution is 5.89. The first kappa shape index (κ1) is 17.2. The maximum Gasteiger partial charge on any atom is 0.338 e. The summed E-state index contributed by atoms with van der Waals surface area (Å²) in [5, 5.41) is 0. The van der Waals surface area contributed by atoms with Crippen LogP contribution in [0.5, 0.6) is 0 Å². The molecule has 0 N–H and O–H groups in total. The summed E-state index contributed by atoms with van der Waals surface area (Å²) in [4.78, 5) is 15.0. The van der Waals surface area contributed by atoms with Crippen LogP contribution in [-0.2, 0) is 4.74 Å². The first-order valence-corrected chi connectivity index (χ1v) is 7.92. The second-order valence-corrected chi connectivity index (χ2v) is 5.27. The molecule has 0 saturated heterocycles. The van der Waals surface area contributed by atoms with Gasteiger partial charge in [-0.05, 0) is 6.42 Å². The lowest BCUT2D eigenvalue weighted by Gasteiger charge is -2.05. The number of benzene rings is 1. The standard InChI is InChI=1S/C18H25NO2/c1-3-4-5-6-7-8-9-10-15-21-18(20)16-11-13-17(19-2)14-12-16/h11-14H,3-10,15H2,1H3. The minimum absolute atomic E-state index is 0.297. The number of unbranched alkanes of at least 4 members (excludes halogenated alkanes) is 7.